The van der Waals surface area contributed by atoms with E-state index in [1.165, 1.54) is 24.0 Å². The number of nitrogens with zero attached hydrogens (tertiary/aromatic N) is 2. The van der Waals surface area contributed by atoms with Gasteiger partial charge < -0.3 is 4.74 Å². The molecule has 1 aromatic carbocycles. The topological polar surface area (TPSA) is 36.3 Å². The first kappa shape index (κ1) is 14.0. The van der Waals surface area contributed by atoms with Crippen molar-refractivity contribution in [2.45, 2.75) is 26.3 Å². The summed E-state index contributed by atoms with van der Waals surface area (Å²) in [6.07, 6.45) is 2.69. The van der Waals surface area contributed by atoms with Gasteiger partial charge in [0, 0.05) is 19.7 Å². The molecule has 0 bridgehead atoms. The Labute approximate surface area is 115 Å². The quantitative estimate of drug-likeness (QED) is 0.706. The molecule has 0 N–H and O–H groups in total. The largest absolute Gasteiger partial charge is 0.380 e. The Bertz CT molecular complexity index is 460. The molecule has 0 unspecified atom stereocenters. The third kappa shape index (κ3) is 4.66. The van der Waals surface area contributed by atoms with Crippen LogP contribution in [0.25, 0.3) is 0 Å². The molecule has 1 saturated carbocycles. The summed E-state index contributed by atoms with van der Waals surface area (Å²) in [5.74, 6) is 0.839. The molecule has 1 aliphatic carbocycles. The van der Waals surface area contributed by atoms with Crippen molar-refractivity contribution in [3.8, 4) is 6.07 Å². The van der Waals surface area contributed by atoms with Gasteiger partial charge in [-0.15, -0.1) is 0 Å². The second-order valence-electron chi connectivity index (χ2n) is 5.51. The molecule has 0 heterocycles. The minimum atomic E-state index is 0.733. The number of hydrogen-bond donors (Lipinski definition) is 0. The van der Waals surface area contributed by atoms with Crippen molar-refractivity contribution >= 4 is 0 Å². The van der Waals surface area contributed by atoms with E-state index in [-0.39, 0.29) is 0 Å². The van der Waals surface area contributed by atoms with Crippen LogP contribution in [0.15, 0.2) is 18.2 Å². The van der Waals surface area contributed by atoms with Crippen LogP contribution < -0.4 is 0 Å². The minimum absolute atomic E-state index is 0.733. The second-order valence-corrected chi connectivity index (χ2v) is 5.51. The zero-order valence-electron chi connectivity index (χ0n) is 11.9. The van der Waals surface area contributed by atoms with E-state index >= 15 is 0 Å². The van der Waals surface area contributed by atoms with Gasteiger partial charge in [0.1, 0.15) is 0 Å². The van der Waals surface area contributed by atoms with Gasteiger partial charge in [-0.3, -0.25) is 4.90 Å². The average Bonchev–Trinajstić information content (AvgIpc) is 3.21. The molecule has 0 atom stereocenters. The molecule has 0 amide bonds. The molecule has 0 aliphatic heterocycles. The second kappa shape index (κ2) is 6.70. The zero-order chi connectivity index (χ0) is 13.7. The van der Waals surface area contributed by atoms with Crippen LogP contribution in [0, 0.1) is 24.2 Å². The van der Waals surface area contributed by atoms with Crippen molar-refractivity contribution in [1.29, 1.82) is 5.26 Å². The van der Waals surface area contributed by atoms with E-state index in [9.17, 15) is 0 Å². The van der Waals surface area contributed by atoms with Gasteiger partial charge >= 0.3 is 0 Å². The predicted octanol–water partition coefficient (Wildman–Crippen LogP) is 2.73. The fourth-order valence-corrected chi connectivity index (χ4v) is 2.07. The maximum absolute atomic E-state index is 8.85. The van der Waals surface area contributed by atoms with Gasteiger partial charge in [-0.2, -0.15) is 5.26 Å². The first-order valence-corrected chi connectivity index (χ1v) is 6.95. The molecule has 3 heteroatoms. The van der Waals surface area contributed by atoms with Gasteiger partial charge in [-0.05, 0) is 56.0 Å². The van der Waals surface area contributed by atoms with Crippen molar-refractivity contribution in [1.82, 2.24) is 4.90 Å². The highest BCUT2D eigenvalue weighted by molar-refractivity contribution is 5.37. The highest BCUT2D eigenvalue weighted by Crippen LogP contribution is 2.28. The summed E-state index contributed by atoms with van der Waals surface area (Å²) in [5, 5.41) is 8.85. The Morgan fingerprint density at radius 3 is 2.84 bits per heavy atom. The normalized spacial score (nSPS) is 14.6. The van der Waals surface area contributed by atoms with Gasteiger partial charge in [0.15, 0.2) is 0 Å². The maximum atomic E-state index is 8.85. The molecule has 0 spiro atoms. The number of hydrogen-bond acceptors (Lipinski definition) is 3. The highest BCUT2D eigenvalue weighted by Gasteiger charge is 2.20. The summed E-state index contributed by atoms with van der Waals surface area (Å²) < 4.78 is 5.65. The van der Waals surface area contributed by atoms with E-state index in [1.54, 1.807) is 0 Å². The number of rotatable bonds is 7. The van der Waals surface area contributed by atoms with Crippen LogP contribution >= 0.6 is 0 Å². The molecule has 2 rings (SSSR count). The Kier molecular flexibility index (Phi) is 4.95. The lowest BCUT2D eigenvalue weighted by Gasteiger charge is -2.18. The summed E-state index contributed by atoms with van der Waals surface area (Å²) in [4.78, 5) is 2.27. The van der Waals surface area contributed by atoms with Crippen molar-refractivity contribution in [3.63, 3.8) is 0 Å². The lowest BCUT2D eigenvalue weighted by Crippen LogP contribution is -2.23. The fraction of sp³-hybridized carbons (Fsp3) is 0.562. The summed E-state index contributed by atoms with van der Waals surface area (Å²) >= 11 is 0. The average molecular weight is 258 g/mol. The Morgan fingerprint density at radius 2 is 2.21 bits per heavy atom. The van der Waals surface area contributed by atoms with Crippen LogP contribution in [0.5, 0.6) is 0 Å². The molecule has 0 radical (unpaired) electrons. The monoisotopic (exact) mass is 258 g/mol. The van der Waals surface area contributed by atoms with Crippen LogP contribution in [0.4, 0.5) is 0 Å². The van der Waals surface area contributed by atoms with Gasteiger partial charge in [-0.25, -0.2) is 0 Å². The van der Waals surface area contributed by atoms with Gasteiger partial charge in [0.05, 0.1) is 18.2 Å². The van der Waals surface area contributed by atoms with Crippen molar-refractivity contribution in [2.24, 2.45) is 5.92 Å². The molecule has 1 aromatic rings. The molecular weight excluding hydrogens is 236 g/mol. The molecule has 1 fully saturated rings. The lowest BCUT2D eigenvalue weighted by atomic mass is 10.1. The molecule has 19 heavy (non-hydrogen) atoms. The van der Waals surface area contributed by atoms with Crippen molar-refractivity contribution in [3.05, 3.63) is 34.9 Å². The SMILES string of the molecule is Cc1cc(C#N)ccc1CN(C)CCOCC1CC1. The van der Waals surface area contributed by atoms with E-state index in [4.69, 9.17) is 10.00 Å². The standard InChI is InChI=1S/C16H22N2O/c1-13-9-15(10-17)5-6-16(13)11-18(2)7-8-19-12-14-3-4-14/h5-6,9,14H,3-4,7-8,11-12H2,1-2H3. The molecule has 0 aromatic heterocycles. The number of aryl methyl sites for hydroxylation is 1. The smallest absolute Gasteiger partial charge is 0.0991 e. The van der Waals surface area contributed by atoms with Gasteiger partial charge in [-0.1, -0.05) is 6.07 Å². The first-order chi connectivity index (χ1) is 9.19. The summed E-state index contributed by atoms with van der Waals surface area (Å²) in [5.41, 5.74) is 3.20. The molecule has 102 valence electrons. The van der Waals surface area contributed by atoms with Crippen LogP contribution in [-0.2, 0) is 11.3 Å². The number of nitriles is 1. The Hall–Kier alpha value is -1.37. The first-order valence-electron chi connectivity index (χ1n) is 6.95. The third-order valence-corrected chi connectivity index (χ3v) is 3.58. The lowest BCUT2D eigenvalue weighted by molar-refractivity contribution is 0.102. The van der Waals surface area contributed by atoms with Crippen LogP contribution in [0.3, 0.4) is 0 Å². The van der Waals surface area contributed by atoms with Crippen LogP contribution in [-0.4, -0.2) is 31.7 Å². The van der Waals surface area contributed by atoms with E-state index in [1.807, 2.05) is 12.1 Å². The number of likely N-dealkylation sites (N-methyl/N-ethyl adjacent to an activating group) is 1. The molecular formula is C16H22N2O. The molecule has 0 saturated heterocycles. The molecule has 3 nitrogen and oxygen atoms in total. The highest BCUT2D eigenvalue weighted by atomic mass is 16.5. The summed E-state index contributed by atoms with van der Waals surface area (Å²) in [7, 11) is 2.11. The molecule has 1 aliphatic rings. The van der Waals surface area contributed by atoms with E-state index in [2.05, 4.69) is 31.0 Å². The predicted molar refractivity (Wildman–Crippen MR) is 75.8 cm³/mol. The van der Waals surface area contributed by atoms with E-state index in [0.717, 1.165) is 37.8 Å². The Balaban J connectivity index is 1.74. The Morgan fingerprint density at radius 1 is 1.42 bits per heavy atom. The summed E-state index contributed by atoms with van der Waals surface area (Å²) in [6.45, 7) is 5.66. The van der Waals surface area contributed by atoms with Crippen molar-refractivity contribution < 1.29 is 4.74 Å². The number of benzene rings is 1. The van der Waals surface area contributed by atoms with E-state index < -0.39 is 0 Å². The van der Waals surface area contributed by atoms with Crippen LogP contribution in [0.1, 0.15) is 29.5 Å². The third-order valence-electron chi connectivity index (χ3n) is 3.58. The van der Waals surface area contributed by atoms with Gasteiger partial charge in [0.2, 0.25) is 0 Å². The van der Waals surface area contributed by atoms with Crippen molar-refractivity contribution in [2.75, 3.05) is 26.8 Å². The van der Waals surface area contributed by atoms with Crippen LogP contribution in [0.2, 0.25) is 0 Å². The number of ether oxygens (including phenoxy) is 1. The van der Waals surface area contributed by atoms with E-state index in [0.29, 0.717) is 0 Å². The maximum Gasteiger partial charge on any atom is 0.0991 e. The van der Waals surface area contributed by atoms with Gasteiger partial charge in [0.25, 0.3) is 0 Å². The zero-order valence-corrected chi connectivity index (χ0v) is 11.9. The summed E-state index contributed by atoms with van der Waals surface area (Å²) in [6, 6.07) is 8.06. The fourth-order valence-electron chi connectivity index (χ4n) is 2.07. The minimum Gasteiger partial charge on any atom is -0.380 e.